The average Bonchev–Trinajstić information content (AvgIpc) is 3.30. The number of rotatable bonds is 10. The van der Waals surface area contributed by atoms with Gasteiger partial charge in [-0.25, -0.2) is 13.2 Å². The smallest absolute Gasteiger partial charge is 0.170 e. The molecule has 9 heteroatoms. The van der Waals surface area contributed by atoms with Crippen molar-refractivity contribution in [2.24, 2.45) is 5.92 Å². The van der Waals surface area contributed by atoms with E-state index in [0.29, 0.717) is 34.0 Å². The highest BCUT2D eigenvalue weighted by molar-refractivity contribution is 5.95. The molecule has 2 aromatic heterocycles. The van der Waals surface area contributed by atoms with Crippen molar-refractivity contribution < 1.29 is 27.6 Å². The monoisotopic (exact) mass is 571 g/mol. The first kappa shape index (κ1) is 27.8. The van der Waals surface area contributed by atoms with E-state index in [4.69, 9.17) is 0 Å². The number of halogens is 3. The van der Waals surface area contributed by atoms with E-state index in [9.17, 15) is 27.6 Å². The Balaban J connectivity index is 1.36. The Labute approximate surface area is 240 Å². The summed E-state index contributed by atoms with van der Waals surface area (Å²) in [6, 6.07) is 10.9. The minimum absolute atomic E-state index is 0.0265. The number of aldehydes is 1. The summed E-state index contributed by atoms with van der Waals surface area (Å²) in [5, 5.41) is 4.46. The zero-order valence-electron chi connectivity index (χ0n) is 22.9. The molecule has 0 saturated heterocycles. The van der Waals surface area contributed by atoms with E-state index in [0.717, 1.165) is 42.9 Å². The Hall–Kier alpha value is -4.40. The standard InChI is InChI=1S/C33H28F3N3O3/c1-18(41)28-14-21(4-5-30(28)36)27-3-2-6-37-32(27)22(7-20-10-24(34)15-25(35)11-20)13-26(42)16-39-33-23-8-19(9-23)12-29(33)31(17-40)38-39/h2-6,10-11,14-15,17,19,22-23H,7-9,12-13,16H2,1H3/t19?,22-,23?/m1/s1. The summed E-state index contributed by atoms with van der Waals surface area (Å²) in [7, 11) is 0. The van der Waals surface area contributed by atoms with Crippen LogP contribution in [0.4, 0.5) is 13.2 Å². The van der Waals surface area contributed by atoms with Crippen LogP contribution in [0.1, 0.15) is 81.4 Å². The molecular weight excluding hydrogens is 543 g/mol. The Morgan fingerprint density at radius 2 is 1.83 bits per heavy atom. The van der Waals surface area contributed by atoms with Gasteiger partial charge in [-0.15, -0.1) is 0 Å². The van der Waals surface area contributed by atoms with Crippen molar-refractivity contribution in [1.29, 1.82) is 0 Å². The van der Waals surface area contributed by atoms with E-state index < -0.39 is 29.2 Å². The Morgan fingerprint density at radius 1 is 1.07 bits per heavy atom. The van der Waals surface area contributed by atoms with Gasteiger partial charge >= 0.3 is 0 Å². The Morgan fingerprint density at radius 3 is 2.55 bits per heavy atom. The lowest BCUT2D eigenvalue weighted by Gasteiger charge is -2.41. The van der Waals surface area contributed by atoms with E-state index in [-0.39, 0.29) is 36.7 Å². The van der Waals surface area contributed by atoms with Crippen LogP contribution in [0.15, 0.2) is 54.7 Å². The normalized spacial score (nSPS) is 17.7. The molecule has 0 aliphatic heterocycles. The van der Waals surface area contributed by atoms with E-state index in [2.05, 4.69) is 10.1 Å². The molecule has 7 rings (SSSR count). The molecule has 1 fully saturated rings. The highest BCUT2D eigenvalue weighted by Gasteiger charge is 2.41. The quantitative estimate of drug-likeness (QED) is 0.162. The van der Waals surface area contributed by atoms with E-state index in [1.54, 1.807) is 23.0 Å². The maximum Gasteiger partial charge on any atom is 0.170 e. The van der Waals surface area contributed by atoms with E-state index >= 15 is 0 Å². The zero-order chi connectivity index (χ0) is 29.5. The first-order chi connectivity index (χ1) is 20.2. The lowest BCUT2D eigenvalue weighted by Crippen LogP contribution is -2.32. The van der Waals surface area contributed by atoms with Gasteiger partial charge in [0.15, 0.2) is 17.9 Å². The lowest BCUT2D eigenvalue weighted by atomic mass is 9.64. The molecule has 2 aromatic carbocycles. The van der Waals surface area contributed by atoms with Crippen LogP contribution in [0, 0.1) is 23.4 Å². The molecule has 3 aliphatic carbocycles. The predicted molar refractivity (Wildman–Crippen MR) is 149 cm³/mol. The van der Waals surface area contributed by atoms with Crippen LogP contribution in [0.3, 0.4) is 0 Å². The van der Waals surface area contributed by atoms with Crippen molar-refractivity contribution in [1.82, 2.24) is 14.8 Å². The first-order valence-corrected chi connectivity index (χ1v) is 14.0. The van der Waals surface area contributed by atoms with Gasteiger partial charge in [-0.1, -0.05) is 12.1 Å². The van der Waals surface area contributed by atoms with Gasteiger partial charge in [0, 0.05) is 47.3 Å². The molecule has 214 valence electrons. The first-order valence-electron chi connectivity index (χ1n) is 14.0. The number of hydrogen-bond acceptors (Lipinski definition) is 5. The molecule has 6 nitrogen and oxygen atoms in total. The van der Waals surface area contributed by atoms with Crippen LogP contribution in [0.25, 0.3) is 11.1 Å². The molecule has 3 aliphatic rings. The van der Waals surface area contributed by atoms with Gasteiger partial charge in [-0.05, 0) is 80.0 Å². The minimum Gasteiger partial charge on any atom is -0.298 e. The van der Waals surface area contributed by atoms with E-state index in [1.807, 2.05) is 0 Å². The zero-order valence-corrected chi connectivity index (χ0v) is 22.9. The third-order valence-electron chi connectivity index (χ3n) is 8.44. The van der Waals surface area contributed by atoms with Crippen LogP contribution < -0.4 is 0 Å². The second-order valence-electron chi connectivity index (χ2n) is 11.4. The number of Topliss-reactive ketones (excluding diaryl/α,β-unsaturated/α-hetero) is 2. The second-order valence-corrected chi connectivity index (χ2v) is 11.4. The molecule has 0 radical (unpaired) electrons. The molecule has 2 heterocycles. The summed E-state index contributed by atoms with van der Waals surface area (Å²) < 4.78 is 44.3. The summed E-state index contributed by atoms with van der Waals surface area (Å²) in [6.07, 6.45) is 5.22. The van der Waals surface area contributed by atoms with Crippen molar-refractivity contribution in [2.75, 3.05) is 0 Å². The highest BCUT2D eigenvalue weighted by Crippen LogP contribution is 2.50. The van der Waals surface area contributed by atoms with Crippen molar-refractivity contribution in [2.45, 2.75) is 57.4 Å². The Kier molecular flexibility index (Phi) is 7.35. The number of carbonyl (C=O) groups is 3. The SMILES string of the molecule is CC(=O)c1cc(-c2cccnc2[C@@H](CC(=O)Cn2nc(C=O)c3c2C2CC(C3)C2)Cc2cc(F)cc(F)c2)ccc1F. The summed E-state index contributed by atoms with van der Waals surface area (Å²) in [6.45, 7) is 1.23. The molecule has 42 heavy (non-hydrogen) atoms. The van der Waals surface area contributed by atoms with Crippen LogP contribution in [0.5, 0.6) is 0 Å². The lowest BCUT2D eigenvalue weighted by molar-refractivity contribution is -0.120. The van der Waals surface area contributed by atoms with Gasteiger partial charge in [0.25, 0.3) is 0 Å². The van der Waals surface area contributed by atoms with E-state index in [1.165, 1.54) is 37.3 Å². The largest absolute Gasteiger partial charge is 0.298 e. The Bertz CT molecular complexity index is 1700. The summed E-state index contributed by atoms with van der Waals surface area (Å²) in [5.74, 6) is -2.48. The minimum atomic E-state index is -0.732. The maximum absolute atomic E-state index is 14.3. The van der Waals surface area contributed by atoms with Crippen LogP contribution in [-0.4, -0.2) is 32.6 Å². The average molecular weight is 572 g/mol. The second kappa shape index (κ2) is 11.1. The van der Waals surface area contributed by atoms with Gasteiger partial charge in [-0.2, -0.15) is 5.10 Å². The maximum atomic E-state index is 14.3. The van der Waals surface area contributed by atoms with Crippen LogP contribution >= 0.6 is 0 Å². The molecule has 2 bridgehead atoms. The number of ketones is 2. The van der Waals surface area contributed by atoms with Gasteiger partial charge in [-0.3, -0.25) is 24.0 Å². The number of aromatic nitrogens is 3. The molecular formula is C33H28F3N3O3. The summed E-state index contributed by atoms with van der Waals surface area (Å²) in [4.78, 5) is 42.0. The van der Waals surface area contributed by atoms with Crippen molar-refractivity contribution >= 4 is 17.9 Å². The fraction of sp³-hybridized carbons (Fsp3) is 0.303. The number of benzene rings is 2. The highest BCUT2D eigenvalue weighted by atomic mass is 19.1. The third-order valence-corrected chi connectivity index (χ3v) is 8.44. The molecule has 4 aromatic rings. The molecule has 0 amide bonds. The number of carbonyl (C=O) groups excluding carboxylic acids is 3. The van der Waals surface area contributed by atoms with Gasteiger partial charge in [0.1, 0.15) is 23.1 Å². The van der Waals surface area contributed by atoms with Crippen LogP contribution in [0.2, 0.25) is 0 Å². The fourth-order valence-electron chi connectivity index (χ4n) is 6.56. The topological polar surface area (TPSA) is 81.9 Å². The van der Waals surface area contributed by atoms with Gasteiger partial charge in [0.05, 0.1) is 17.8 Å². The summed E-state index contributed by atoms with van der Waals surface area (Å²) >= 11 is 0. The molecule has 1 saturated carbocycles. The predicted octanol–water partition coefficient (Wildman–Crippen LogP) is 6.41. The van der Waals surface area contributed by atoms with Crippen molar-refractivity contribution in [3.8, 4) is 11.1 Å². The van der Waals surface area contributed by atoms with Crippen molar-refractivity contribution in [3.63, 3.8) is 0 Å². The van der Waals surface area contributed by atoms with Gasteiger partial charge < -0.3 is 0 Å². The summed E-state index contributed by atoms with van der Waals surface area (Å²) in [5.41, 5.74) is 4.14. The fourth-order valence-corrected chi connectivity index (χ4v) is 6.56. The number of nitrogens with zero attached hydrogens (tertiary/aromatic N) is 3. The molecule has 0 N–H and O–H groups in total. The number of pyridine rings is 1. The van der Waals surface area contributed by atoms with Gasteiger partial charge in [0.2, 0.25) is 0 Å². The number of hydrogen-bond donors (Lipinski definition) is 0. The van der Waals surface area contributed by atoms with Crippen molar-refractivity contribution in [3.05, 3.63) is 106 Å². The van der Waals surface area contributed by atoms with Crippen LogP contribution in [-0.2, 0) is 24.2 Å². The molecule has 0 unspecified atom stereocenters. The molecule has 0 spiro atoms. The third kappa shape index (κ3) is 5.31. The molecule has 1 atom stereocenters.